The van der Waals surface area contributed by atoms with Gasteiger partial charge in [-0.25, -0.2) is 13.1 Å². The highest BCUT2D eigenvalue weighted by Gasteiger charge is 2.21. The van der Waals surface area contributed by atoms with Gasteiger partial charge in [-0.15, -0.1) is 0 Å². The molecule has 1 N–H and O–H groups in total. The van der Waals surface area contributed by atoms with Gasteiger partial charge in [-0.3, -0.25) is 0 Å². The summed E-state index contributed by atoms with van der Waals surface area (Å²) in [7, 11) is -3.52. The Kier molecular flexibility index (Phi) is 5.60. The van der Waals surface area contributed by atoms with Crippen molar-refractivity contribution in [2.24, 2.45) is 5.92 Å². The van der Waals surface area contributed by atoms with E-state index in [2.05, 4.69) is 20.7 Å². The Morgan fingerprint density at radius 2 is 2.05 bits per heavy atom. The molecule has 1 aromatic rings. The smallest absolute Gasteiger partial charge is 0.211 e. The van der Waals surface area contributed by atoms with Crippen LogP contribution >= 0.6 is 39.3 Å². The lowest BCUT2D eigenvalue weighted by Crippen LogP contribution is -2.31. The summed E-state index contributed by atoms with van der Waals surface area (Å²) in [6, 6.07) is 4.79. The molecule has 0 amide bonds. The van der Waals surface area contributed by atoms with Crippen molar-refractivity contribution in [1.29, 1.82) is 0 Å². The summed E-state index contributed by atoms with van der Waals surface area (Å²) < 4.78 is 27.8. The zero-order valence-corrected chi connectivity index (χ0v) is 14.2. The minimum Gasteiger partial charge on any atom is -0.211 e. The van der Waals surface area contributed by atoms with Crippen LogP contribution in [0.5, 0.6) is 0 Å². The molecule has 1 saturated heterocycles. The predicted molar refractivity (Wildman–Crippen MR) is 84.4 cm³/mol. The maximum atomic E-state index is 12.2. The molecule has 0 unspecified atom stereocenters. The van der Waals surface area contributed by atoms with Gasteiger partial charge in [0.1, 0.15) is 4.90 Å². The molecule has 1 aliphatic rings. The van der Waals surface area contributed by atoms with E-state index in [1.807, 2.05) is 11.8 Å². The Morgan fingerprint density at radius 3 is 2.68 bits per heavy atom. The van der Waals surface area contributed by atoms with Crippen LogP contribution in [0.4, 0.5) is 0 Å². The molecule has 1 aliphatic heterocycles. The summed E-state index contributed by atoms with van der Waals surface area (Å²) in [5, 5.41) is 0.237. The van der Waals surface area contributed by atoms with Crippen LogP contribution in [-0.2, 0) is 10.0 Å². The summed E-state index contributed by atoms with van der Waals surface area (Å²) in [4.78, 5) is 0.141. The average molecular weight is 385 g/mol. The fraction of sp³-hybridized carbons (Fsp3) is 0.500. The second-order valence-corrected chi connectivity index (χ2v) is 8.77. The lowest BCUT2D eigenvalue weighted by atomic mass is 10.0. The quantitative estimate of drug-likeness (QED) is 0.864. The topological polar surface area (TPSA) is 46.2 Å². The van der Waals surface area contributed by atoms with E-state index in [1.54, 1.807) is 12.1 Å². The van der Waals surface area contributed by atoms with Crippen LogP contribution in [0, 0.1) is 5.92 Å². The number of rotatable bonds is 4. The molecule has 0 aliphatic carbocycles. The zero-order valence-electron chi connectivity index (χ0n) is 10.2. The first kappa shape index (κ1) is 15.6. The average Bonchev–Trinajstić information content (AvgIpc) is 2.37. The number of benzene rings is 1. The van der Waals surface area contributed by atoms with Crippen molar-refractivity contribution in [1.82, 2.24) is 4.72 Å². The molecule has 3 nitrogen and oxygen atoms in total. The predicted octanol–water partition coefficient (Wildman–Crippen LogP) is 3.52. The summed E-state index contributed by atoms with van der Waals surface area (Å²) in [6.45, 7) is 0.495. The molecule has 0 spiro atoms. The normalized spacial score (nSPS) is 17.6. The highest BCUT2D eigenvalue weighted by atomic mass is 79.9. The number of halogens is 2. The first-order chi connectivity index (χ1) is 8.99. The van der Waals surface area contributed by atoms with Crippen LogP contribution in [0.3, 0.4) is 0 Å². The van der Waals surface area contributed by atoms with Gasteiger partial charge in [0.25, 0.3) is 0 Å². The van der Waals surface area contributed by atoms with E-state index in [0.29, 0.717) is 12.5 Å². The molecule has 0 bridgehead atoms. The van der Waals surface area contributed by atoms with Crippen molar-refractivity contribution in [3.05, 3.63) is 27.7 Å². The van der Waals surface area contributed by atoms with E-state index in [4.69, 9.17) is 11.6 Å². The third-order valence-corrected chi connectivity index (χ3v) is 6.53. The van der Waals surface area contributed by atoms with Crippen molar-refractivity contribution in [2.45, 2.75) is 17.7 Å². The Bertz CT molecular complexity index is 545. The van der Waals surface area contributed by atoms with Gasteiger partial charge in [-0.2, -0.15) is 11.8 Å². The molecule has 1 fully saturated rings. The third-order valence-electron chi connectivity index (χ3n) is 3.09. The fourth-order valence-electron chi connectivity index (χ4n) is 1.95. The zero-order chi connectivity index (χ0) is 13.9. The standard InChI is InChI=1S/C12H15BrClNO2S2/c13-10-1-2-12(11(14)7-10)19(16,17)15-8-9-3-5-18-6-4-9/h1-2,7,9,15H,3-6,8H2. The SMILES string of the molecule is O=S(=O)(NCC1CCSCC1)c1ccc(Br)cc1Cl. The van der Waals surface area contributed by atoms with Gasteiger partial charge < -0.3 is 0 Å². The summed E-state index contributed by atoms with van der Waals surface area (Å²) >= 11 is 11.2. The van der Waals surface area contributed by atoms with Crippen molar-refractivity contribution < 1.29 is 8.42 Å². The van der Waals surface area contributed by atoms with E-state index >= 15 is 0 Å². The van der Waals surface area contributed by atoms with E-state index in [9.17, 15) is 8.42 Å². The number of hydrogen-bond acceptors (Lipinski definition) is 3. The molecule has 1 aromatic carbocycles. The van der Waals surface area contributed by atoms with Crippen LogP contribution in [0.2, 0.25) is 5.02 Å². The largest absolute Gasteiger partial charge is 0.242 e. The third kappa shape index (κ3) is 4.36. The summed E-state index contributed by atoms with van der Waals surface area (Å²) in [6.07, 6.45) is 2.14. The molecule has 7 heteroatoms. The monoisotopic (exact) mass is 383 g/mol. The van der Waals surface area contributed by atoms with Crippen molar-refractivity contribution in [3.63, 3.8) is 0 Å². The second-order valence-electron chi connectivity index (χ2n) is 4.48. The molecule has 106 valence electrons. The summed E-state index contributed by atoms with van der Waals surface area (Å²) in [5.74, 6) is 2.67. The lowest BCUT2D eigenvalue weighted by molar-refractivity contribution is 0.476. The van der Waals surface area contributed by atoms with Gasteiger partial charge in [-0.05, 0) is 48.5 Å². The number of hydrogen-bond donors (Lipinski definition) is 1. The van der Waals surface area contributed by atoms with Crippen LogP contribution in [-0.4, -0.2) is 26.5 Å². The molecule has 2 rings (SSSR count). The molecular formula is C12H15BrClNO2S2. The van der Waals surface area contributed by atoms with Gasteiger partial charge in [0.05, 0.1) is 5.02 Å². The molecule has 0 saturated carbocycles. The van der Waals surface area contributed by atoms with Gasteiger partial charge in [0.15, 0.2) is 0 Å². The Hall–Kier alpha value is 0.250. The van der Waals surface area contributed by atoms with Crippen molar-refractivity contribution >= 4 is 49.3 Å². The number of nitrogens with one attached hydrogen (secondary N) is 1. The number of sulfonamides is 1. The van der Waals surface area contributed by atoms with Crippen LogP contribution in [0.1, 0.15) is 12.8 Å². The van der Waals surface area contributed by atoms with E-state index in [-0.39, 0.29) is 9.92 Å². The van der Waals surface area contributed by atoms with Crippen LogP contribution in [0.15, 0.2) is 27.6 Å². The first-order valence-corrected chi connectivity index (χ1v) is 9.82. The summed E-state index contributed by atoms with van der Waals surface area (Å²) in [5.41, 5.74) is 0. The van der Waals surface area contributed by atoms with E-state index in [1.165, 1.54) is 6.07 Å². The Balaban J connectivity index is 2.05. The van der Waals surface area contributed by atoms with Gasteiger partial charge in [0, 0.05) is 11.0 Å². The minimum absolute atomic E-state index is 0.141. The molecule has 0 atom stereocenters. The van der Waals surface area contributed by atoms with Gasteiger partial charge in [-0.1, -0.05) is 27.5 Å². The maximum Gasteiger partial charge on any atom is 0.242 e. The fourth-order valence-corrected chi connectivity index (χ4v) is 5.30. The van der Waals surface area contributed by atoms with Crippen LogP contribution in [0.25, 0.3) is 0 Å². The van der Waals surface area contributed by atoms with E-state index in [0.717, 1.165) is 28.8 Å². The molecule has 0 radical (unpaired) electrons. The molecule has 1 heterocycles. The highest BCUT2D eigenvalue weighted by molar-refractivity contribution is 9.10. The maximum absolute atomic E-state index is 12.2. The number of thioether (sulfide) groups is 1. The highest BCUT2D eigenvalue weighted by Crippen LogP contribution is 2.26. The lowest BCUT2D eigenvalue weighted by Gasteiger charge is -2.21. The van der Waals surface area contributed by atoms with Crippen molar-refractivity contribution in [2.75, 3.05) is 18.1 Å². The molecular weight excluding hydrogens is 370 g/mol. The van der Waals surface area contributed by atoms with Gasteiger partial charge in [0.2, 0.25) is 10.0 Å². The van der Waals surface area contributed by atoms with Gasteiger partial charge >= 0.3 is 0 Å². The Morgan fingerprint density at radius 1 is 1.37 bits per heavy atom. The van der Waals surface area contributed by atoms with E-state index < -0.39 is 10.0 Å². The second kappa shape index (κ2) is 6.80. The minimum atomic E-state index is -3.52. The Labute approximate surface area is 131 Å². The molecule has 0 aromatic heterocycles. The van der Waals surface area contributed by atoms with Crippen LogP contribution < -0.4 is 4.72 Å². The first-order valence-electron chi connectivity index (χ1n) is 6.01. The molecule has 19 heavy (non-hydrogen) atoms. The van der Waals surface area contributed by atoms with Crippen molar-refractivity contribution in [3.8, 4) is 0 Å².